The molecule has 0 radical (unpaired) electrons. The Morgan fingerprint density at radius 3 is 2.71 bits per heavy atom. The second kappa shape index (κ2) is 8.18. The number of aryl methyl sites for hydroxylation is 1. The highest BCUT2D eigenvalue weighted by atomic mass is 16.5. The zero-order valence-electron chi connectivity index (χ0n) is 15.2. The minimum Gasteiger partial charge on any atom is -0.491 e. The molecule has 2 amide bonds. The molecule has 5 nitrogen and oxygen atoms in total. The van der Waals surface area contributed by atoms with Crippen molar-refractivity contribution in [2.75, 3.05) is 27.2 Å². The first kappa shape index (κ1) is 18.3. The van der Waals surface area contributed by atoms with Crippen molar-refractivity contribution in [1.29, 1.82) is 0 Å². The van der Waals surface area contributed by atoms with Crippen LogP contribution in [-0.4, -0.2) is 48.9 Å². The average Bonchev–Trinajstić information content (AvgIpc) is 2.73. The van der Waals surface area contributed by atoms with E-state index >= 15 is 0 Å². The van der Waals surface area contributed by atoms with E-state index in [2.05, 4.69) is 19.9 Å². The predicted octanol–water partition coefficient (Wildman–Crippen LogP) is 2.47. The number of hydrogen-bond acceptors (Lipinski definition) is 3. The first-order chi connectivity index (χ1) is 11.4. The van der Waals surface area contributed by atoms with Crippen LogP contribution in [0.2, 0.25) is 0 Å². The maximum absolute atomic E-state index is 12.4. The van der Waals surface area contributed by atoms with E-state index < -0.39 is 0 Å². The van der Waals surface area contributed by atoms with Crippen molar-refractivity contribution in [1.82, 2.24) is 9.80 Å². The number of hydrogen-bond donors (Lipinski definition) is 0. The summed E-state index contributed by atoms with van der Waals surface area (Å²) in [5.41, 5.74) is 2.13. The molecule has 2 rings (SSSR count). The molecule has 1 aromatic rings. The fraction of sp³-hybridized carbons (Fsp3) is 0.579. The van der Waals surface area contributed by atoms with Gasteiger partial charge in [-0.3, -0.25) is 9.59 Å². The third-order valence-electron chi connectivity index (χ3n) is 4.17. The van der Waals surface area contributed by atoms with Gasteiger partial charge in [-0.1, -0.05) is 26.0 Å². The van der Waals surface area contributed by atoms with Crippen LogP contribution in [0.5, 0.6) is 5.75 Å². The molecule has 1 heterocycles. The van der Waals surface area contributed by atoms with Gasteiger partial charge in [0.1, 0.15) is 12.4 Å². The Labute approximate surface area is 144 Å². The van der Waals surface area contributed by atoms with Crippen LogP contribution in [-0.2, 0) is 22.6 Å². The van der Waals surface area contributed by atoms with E-state index in [1.165, 1.54) is 0 Å². The van der Waals surface area contributed by atoms with Crippen LogP contribution in [0.3, 0.4) is 0 Å². The second-order valence-electron chi connectivity index (χ2n) is 6.99. The van der Waals surface area contributed by atoms with Crippen LogP contribution in [0.15, 0.2) is 18.2 Å². The number of carbonyl (C=O) groups is 2. The molecule has 0 spiro atoms. The first-order valence-electron chi connectivity index (χ1n) is 8.59. The highest BCUT2D eigenvalue weighted by molar-refractivity contribution is 5.77. The molecule has 0 aromatic heterocycles. The number of nitrogens with zero attached hydrogens (tertiary/aromatic N) is 2. The molecular formula is C19H28N2O3. The third kappa shape index (κ3) is 4.98. The van der Waals surface area contributed by atoms with Crippen LogP contribution in [0.25, 0.3) is 0 Å². The molecule has 0 atom stereocenters. The smallest absolute Gasteiger partial charge is 0.223 e. The molecule has 0 bridgehead atoms. The molecule has 1 aliphatic heterocycles. The van der Waals surface area contributed by atoms with E-state index in [4.69, 9.17) is 4.74 Å². The zero-order valence-corrected chi connectivity index (χ0v) is 15.2. The predicted molar refractivity (Wildman–Crippen MR) is 93.8 cm³/mol. The molecule has 1 aliphatic rings. The van der Waals surface area contributed by atoms with Crippen molar-refractivity contribution in [3.63, 3.8) is 0 Å². The van der Waals surface area contributed by atoms with Gasteiger partial charge < -0.3 is 14.5 Å². The number of benzene rings is 1. The van der Waals surface area contributed by atoms with Crippen LogP contribution < -0.4 is 4.74 Å². The van der Waals surface area contributed by atoms with E-state index in [-0.39, 0.29) is 11.8 Å². The number of amides is 2. The summed E-state index contributed by atoms with van der Waals surface area (Å²) < 4.78 is 5.78. The Kier molecular flexibility index (Phi) is 6.23. The molecule has 24 heavy (non-hydrogen) atoms. The molecule has 5 heteroatoms. The minimum absolute atomic E-state index is 0.120. The van der Waals surface area contributed by atoms with Crippen LogP contribution in [0.1, 0.15) is 37.8 Å². The van der Waals surface area contributed by atoms with E-state index in [0.29, 0.717) is 44.9 Å². The second-order valence-corrected chi connectivity index (χ2v) is 6.99. The highest BCUT2D eigenvalue weighted by Gasteiger charge is 2.20. The summed E-state index contributed by atoms with van der Waals surface area (Å²) in [7, 11) is 3.54. The van der Waals surface area contributed by atoms with E-state index in [1.807, 2.05) is 17.0 Å². The Morgan fingerprint density at radius 2 is 2.04 bits per heavy atom. The van der Waals surface area contributed by atoms with Crippen LogP contribution in [0.4, 0.5) is 0 Å². The third-order valence-corrected chi connectivity index (χ3v) is 4.17. The summed E-state index contributed by atoms with van der Waals surface area (Å²) in [6.07, 6.45) is 1.75. The normalized spacial score (nSPS) is 14.0. The van der Waals surface area contributed by atoms with Crippen LogP contribution >= 0.6 is 0 Å². The van der Waals surface area contributed by atoms with Crippen molar-refractivity contribution in [2.45, 2.75) is 39.7 Å². The van der Waals surface area contributed by atoms with Gasteiger partial charge in [0.25, 0.3) is 0 Å². The Balaban J connectivity index is 2.08. The largest absolute Gasteiger partial charge is 0.491 e. The molecule has 0 unspecified atom stereocenters. The standard InChI is InChI=1S/C19H28N2O3/c1-14(2)11-19(23)21-9-10-24-17-7-5-15(12-16(17)13-21)6-8-18(22)20(3)4/h5,7,12,14H,6,8-11,13H2,1-4H3. The topological polar surface area (TPSA) is 49.9 Å². The van der Waals surface area contributed by atoms with Crippen molar-refractivity contribution in [3.05, 3.63) is 29.3 Å². The van der Waals surface area contributed by atoms with Crippen molar-refractivity contribution >= 4 is 11.8 Å². The maximum atomic E-state index is 12.4. The summed E-state index contributed by atoms with van der Waals surface area (Å²) in [4.78, 5) is 27.6. The minimum atomic E-state index is 0.120. The molecule has 132 valence electrons. The lowest BCUT2D eigenvalue weighted by Crippen LogP contribution is -2.33. The van der Waals surface area contributed by atoms with Gasteiger partial charge in [-0.15, -0.1) is 0 Å². The highest BCUT2D eigenvalue weighted by Crippen LogP contribution is 2.25. The van der Waals surface area contributed by atoms with Crippen molar-refractivity contribution < 1.29 is 14.3 Å². The lowest BCUT2D eigenvalue weighted by atomic mass is 10.0. The van der Waals surface area contributed by atoms with Gasteiger partial charge in [0.2, 0.25) is 11.8 Å². The van der Waals surface area contributed by atoms with Gasteiger partial charge in [0.05, 0.1) is 6.54 Å². The Bertz CT molecular complexity index is 596. The van der Waals surface area contributed by atoms with Gasteiger partial charge in [-0.2, -0.15) is 0 Å². The Morgan fingerprint density at radius 1 is 1.29 bits per heavy atom. The quantitative estimate of drug-likeness (QED) is 0.832. The Hall–Kier alpha value is -2.04. The SMILES string of the molecule is CC(C)CC(=O)N1CCOc2ccc(CCC(=O)N(C)C)cc2C1. The fourth-order valence-electron chi connectivity index (χ4n) is 2.77. The van der Waals surface area contributed by atoms with Crippen molar-refractivity contribution in [3.8, 4) is 5.75 Å². The molecule has 1 aromatic carbocycles. The van der Waals surface area contributed by atoms with Gasteiger partial charge in [0, 0.05) is 39.0 Å². The zero-order chi connectivity index (χ0) is 17.7. The summed E-state index contributed by atoms with van der Waals surface area (Å²) in [6.45, 7) is 5.83. The van der Waals surface area contributed by atoms with E-state index in [1.54, 1.807) is 19.0 Å². The lowest BCUT2D eigenvalue weighted by molar-refractivity contribution is -0.132. The van der Waals surface area contributed by atoms with Gasteiger partial charge in [-0.05, 0) is 24.0 Å². The van der Waals surface area contributed by atoms with E-state index in [9.17, 15) is 9.59 Å². The number of carbonyl (C=O) groups excluding carboxylic acids is 2. The molecule has 0 fully saturated rings. The molecule has 0 saturated heterocycles. The fourth-order valence-corrected chi connectivity index (χ4v) is 2.77. The average molecular weight is 332 g/mol. The van der Waals surface area contributed by atoms with Crippen molar-refractivity contribution in [2.24, 2.45) is 5.92 Å². The molecule has 0 aliphatic carbocycles. The number of fused-ring (bicyclic) bond motifs is 1. The maximum Gasteiger partial charge on any atom is 0.223 e. The number of rotatable bonds is 5. The van der Waals surface area contributed by atoms with Crippen LogP contribution in [0, 0.1) is 5.92 Å². The summed E-state index contributed by atoms with van der Waals surface area (Å²) in [6, 6.07) is 6.04. The van der Waals surface area contributed by atoms with Gasteiger partial charge >= 0.3 is 0 Å². The lowest BCUT2D eigenvalue weighted by Gasteiger charge is -2.21. The summed E-state index contributed by atoms with van der Waals surface area (Å²) >= 11 is 0. The van der Waals surface area contributed by atoms with E-state index in [0.717, 1.165) is 16.9 Å². The van der Waals surface area contributed by atoms with Gasteiger partial charge in [-0.25, -0.2) is 0 Å². The first-order valence-corrected chi connectivity index (χ1v) is 8.59. The summed E-state index contributed by atoms with van der Waals surface area (Å²) in [5, 5.41) is 0. The summed E-state index contributed by atoms with van der Waals surface area (Å²) in [5.74, 6) is 1.49. The molecule has 0 N–H and O–H groups in total. The monoisotopic (exact) mass is 332 g/mol. The molecular weight excluding hydrogens is 304 g/mol. The molecule has 0 saturated carbocycles. The van der Waals surface area contributed by atoms with Gasteiger partial charge in [0.15, 0.2) is 0 Å². The number of ether oxygens (including phenoxy) is 1.